The maximum absolute atomic E-state index is 14.0. The predicted octanol–water partition coefficient (Wildman–Crippen LogP) is 4.08. The van der Waals surface area contributed by atoms with E-state index in [1.54, 1.807) is 0 Å². The number of nitro groups is 1. The monoisotopic (exact) mass is 433 g/mol. The van der Waals surface area contributed by atoms with Crippen LogP contribution in [-0.2, 0) is 0 Å². The Morgan fingerprint density at radius 1 is 1.16 bits per heavy atom. The molecule has 4 rings (SSSR count). The molecule has 1 aromatic heterocycles. The van der Waals surface area contributed by atoms with E-state index in [0.717, 1.165) is 38.1 Å². The Morgan fingerprint density at radius 3 is 2.68 bits per heavy atom. The molecule has 2 heterocycles. The Labute approximate surface area is 174 Å². The zero-order chi connectivity index (χ0) is 22.0. The molecule has 3 aromatic rings. The van der Waals surface area contributed by atoms with E-state index in [1.807, 2.05) is 0 Å². The quantitative estimate of drug-likeness (QED) is 0.343. The number of rotatable bonds is 6. The second-order valence-electron chi connectivity index (χ2n) is 7.17. The van der Waals surface area contributed by atoms with Crippen molar-refractivity contribution in [3.8, 4) is 5.75 Å². The van der Waals surface area contributed by atoms with Gasteiger partial charge in [-0.25, -0.2) is 23.1 Å². The highest BCUT2D eigenvalue weighted by molar-refractivity contribution is 5.93. The fourth-order valence-corrected chi connectivity index (χ4v) is 3.44. The molecule has 0 spiro atoms. The first kappa shape index (κ1) is 20.8. The van der Waals surface area contributed by atoms with E-state index in [1.165, 1.54) is 18.5 Å². The highest BCUT2D eigenvalue weighted by Gasteiger charge is 2.22. The molecule has 0 saturated carbocycles. The predicted molar refractivity (Wildman–Crippen MR) is 107 cm³/mol. The SMILES string of the molecule is O=[N+]([O-])c1cc2c(Nc3ccc(F)c(F)c3F)ncnc2cc1OCC1CCNCC1. The summed E-state index contributed by atoms with van der Waals surface area (Å²) in [6, 6.07) is 4.40. The van der Waals surface area contributed by atoms with Gasteiger partial charge in [-0.15, -0.1) is 0 Å². The van der Waals surface area contributed by atoms with Crippen molar-refractivity contribution in [3.05, 3.63) is 58.2 Å². The number of benzene rings is 2. The Kier molecular flexibility index (Phi) is 5.85. The van der Waals surface area contributed by atoms with Crippen molar-refractivity contribution in [3.63, 3.8) is 0 Å². The molecule has 1 saturated heterocycles. The van der Waals surface area contributed by atoms with Crippen molar-refractivity contribution in [1.82, 2.24) is 15.3 Å². The molecule has 0 amide bonds. The van der Waals surface area contributed by atoms with Crippen LogP contribution in [0.3, 0.4) is 0 Å². The summed E-state index contributed by atoms with van der Waals surface area (Å²) in [5, 5.41) is 17.6. The number of hydrogen-bond donors (Lipinski definition) is 2. The standard InChI is InChI=1S/C20H18F3N5O3/c21-13-1-2-14(19(23)18(13)22)27-20-12-7-16(28(29)30)17(8-15(12)25-10-26-20)31-9-11-3-5-24-6-4-11/h1-2,7-8,10-11,24H,3-6,9H2,(H,25,26,27). The number of fused-ring (bicyclic) bond motifs is 1. The third-order valence-electron chi connectivity index (χ3n) is 5.13. The summed E-state index contributed by atoms with van der Waals surface area (Å²) in [5.74, 6) is -4.04. The van der Waals surface area contributed by atoms with Crippen LogP contribution in [0.15, 0.2) is 30.6 Å². The minimum absolute atomic E-state index is 0.00270. The average molecular weight is 433 g/mol. The number of anilines is 2. The second kappa shape index (κ2) is 8.72. The van der Waals surface area contributed by atoms with E-state index in [9.17, 15) is 23.3 Å². The van der Waals surface area contributed by atoms with E-state index >= 15 is 0 Å². The average Bonchev–Trinajstić information content (AvgIpc) is 2.78. The zero-order valence-corrected chi connectivity index (χ0v) is 16.2. The Morgan fingerprint density at radius 2 is 1.94 bits per heavy atom. The zero-order valence-electron chi connectivity index (χ0n) is 16.2. The summed E-state index contributed by atoms with van der Waals surface area (Å²) in [7, 11) is 0. The molecule has 0 bridgehead atoms. The number of piperidine rings is 1. The molecule has 0 atom stereocenters. The van der Waals surface area contributed by atoms with Gasteiger partial charge in [0.25, 0.3) is 0 Å². The molecule has 1 fully saturated rings. The van der Waals surface area contributed by atoms with Gasteiger partial charge in [0.15, 0.2) is 23.2 Å². The first-order valence-electron chi connectivity index (χ1n) is 9.61. The molecule has 8 nitrogen and oxygen atoms in total. The summed E-state index contributed by atoms with van der Waals surface area (Å²) in [5.41, 5.74) is -0.357. The van der Waals surface area contributed by atoms with Gasteiger partial charge in [0.2, 0.25) is 0 Å². The Bertz CT molecular complexity index is 1140. The lowest BCUT2D eigenvalue weighted by atomic mass is 9.99. The van der Waals surface area contributed by atoms with Gasteiger partial charge in [0.1, 0.15) is 12.1 Å². The highest BCUT2D eigenvalue weighted by atomic mass is 19.2. The Balaban J connectivity index is 1.68. The minimum atomic E-state index is -1.64. The van der Waals surface area contributed by atoms with Crippen molar-refractivity contribution in [1.29, 1.82) is 0 Å². The van der Waals surface area contributed by atoms with Gasteiger partial charge in [-0.3, -0.25) is 10.1 Å². The van der Waals surface area contributed by atoms with Crippen LogP contribution < -0.4 is 15.4 Å². The minimum Gasteiger partial charge on any atom is -0.486 e. The summed E-state index contributed by atoms with van der Waals surface area (Å²) in [6.07, 6.45) is 3.00. The Hall–Kier alpha value is -3.47. The van der Waals surface area contributed by atoms with Gasteiger partial charge < -0.3 is 15.4 Å². The second-order valence-corrected chi connectivity index (χ2v) is 7.17. The summed E-state index contributed by atoms with van der Waals surface area (Å²) < 4.78 is 46.5. The third kappa shape index (κ3) is 4.36. The van der Waals surface area contributed by atoms with Gasteiger partial charge >= 0.3 is 5.69 Å². The number of aromatic nitrogens is 2. The molecule has 1 aliphatic rings. The van der Waals surface area contributed by atoms with Crippen LogP contribution in [-0.4, -0.2) is 34.6 Å². The maximum Gasteiger partial charge on any atom is 0.311 e. The topological polar surface area (TPSA) is 102 Å². The van der Waals surface area contributed by atoms with Crippen molar-refractivity contribution in [2.45, 2.75) is 12.8 Å². The largest absolute Gasteiger partial charge is 0.486 e. The third-order valence-corrected chi connectivity index (χ3v) is 5.13. The number of nitrogens with one attached hydrogen (secondary N) is 2. The molecule has 31 heavy (non-hydrogen) atoms. The molecule has 0 unspecified atom stereocenters. The van der Waals surface area contributed by atoms with Gasteiger partial charge in [0.05, 0.1) is 28.1 Å². The number of nitro benzene ring substituents is 1. The lowest BCUT2D eigenvalue weighted by Gasteiger charge is -2.22. The van der Waals surface area contributed by atoms with Crippen LogP contribution >= 0.6 is 0 Å². The van der Waals surface area contributed by atoms with Crippen molar-refractivity contribution in [2.75, 3.05) is 25.0 Å². The van der Waals surface area contributed by atoms with E-state index < -0.39 is 22.4 Å². The van der Waals surface area contributed by atoms with Crippen LogP contribution in [0.2, 0.25) is 0 Å². The van der Waals surface area contributed by atoms with Gasteiger partial charge in [-0.2, -0.15) is 0 Å². The van der Waals surface area contributed by atoms with Gasteiger partial charge in [-0.05, 0) is 44.0 Å². The van der Waals surface area contributed by atoms with Gasteiger partial charge in [0, 0.05) is 12.1 Å². The van der Waals surface area contributed by atoms with E-state index in [-0.39, 0.29) is 34.2 Å². The molecular formula is C20H18F3N5O3. The molecule has 0 aliphatic carbocycles. The van der Waals surface area contributed by atoms with E-state index in [0.29, 0.717) is 12.1 Å². The summed E-state index contributed by atoms with van der Waals surface area (Å²) in [4.78, 5) is 19.1. The first-order valence-corrected chi connectivity index (χ1v) is 9.61. The summed E-state index contributed by atoms with van der Waals surface area (Å²) >= 11 is 0. The van der Waals surface area contributed by atoms with E-state index in [4.69, 9.17) is 4.74 Å². The number of nitrogens with zero attached hydrogens (tertiary/aromatic N) is 3. The fraction of sp³-hybridized carbons (Fsp3) is 0.300. The molecule has 1 aliphatic heterocycles. The molecular weight excluding hydrogens is 415 g/mol. The lowest BCUT2D eigenvalue weighted by molar-refractivity contribution is -0.385. The van der Waals surface area contributed by atoms with Crippen molar-refractivity contribution < 1.29 is 22.8 Å². The normalized spacial score (nSPS) is 14.5. The summed E-state index contributed by atoms with van der Waals surface area (Å²) in [6.45, 7) is 2.08. The molecule has 0 radical (unpaired) electrons. The van der Waals surface area contributed by atoms with E-state index in [2.05, 4.69) is 20.6 Å². The fourth-order valence-electron chi connectivity index (χ4n) is 3.44. The van der Waals surface area contributed by atoms with Crippen molar-refractivity contribution >= 4 is 28.1 Å². The highest BCUT2D eigenvalue weighted by Crippen LogP contribution is 2.35. The van der Waals surface area contributed by atoms with Crippen LogP contribution in [0.5, 0.6) is 5.75 Å². The molecule has 2 aromatic carbocycles. The molecule has 162 valence electrons. The van der Waals surface area contributed by atoms with Crippen LogP contribution in [0.1, 0.15) is 12.8 Å². The number of ether oxygens (including phenoxy) is 1. The van der Waals surface area contributed by atoms with Gasteiger partial charge in [-0.1, -0.05) is 0 Å². The number of hydrogen-bond acceptors (Lipinski definition) is 7. The molecule has 11 heteroatoms. The maximum atomic E-state index is 14.0. The van der Waals surface area contributed by atoms with Crippen LogP contribution in [0.25, 0.3) is 10.9 Å². The molecule has 2 N–H and O–H groups in total. The van der Waals surface area contributed by atoms with Crippen LogP contribution in [0.4, 0.5) is 30.4 Å². The van der Waals surface area contributed by atoms with Crippen LogP contribution in [0, 0.1) is 33.5 Å². The number of halogens is 3. The lowest BCUT2D eigenvalue weighted by Crippen LogP contribution is -2.30. The first-order chi connectivity index (χ1) is 14.9. The van der Waals surface area contributed by atoms with Crippen molar-refractivity contribution in [2.24, 2.45) is 5.92 Å². The smallest absolute Gasteiger partial charge is 0.311 e.